The van der Waals surface area contributed by atoms with E-state index in [4.69, 9.17) is 4.74 Å². The topological polar surface area (TPSA) is 70.0 Å². The van der Waals surface area contributed by atoms with E-state index in [0.29, 0.717) is 6.54 Å². The summed E-state index contributed by atoms with van der Waals surface area (Å²) in [6, 6.07) is 5.64. The fraction of sp³-hybridized carbons (Fsp3) is 0.438. The van der Waals surface area contributed by atoms with Gasteiger partial charge in [-0.15, -0.1) is 0 Å². The minimum absolute atomic E-state index is 0.0591. The molecule has 0 aliphatic carbocycles. The Labute approximate surface area is 124 Å². The molecular weight excluding hydrogens is 270 g/mol. The van der Waals surface area contributed by atoms with Gasteiger partial charge in [0, 0.05) is 17.7 Å². The van der Waals surface area contributed by atoms with Crippen LogP contribution in [0, 0.1) is 6.92 Å². The molecule has 114 valence electrons. The van der Waals surface area contributed by atoms with Crippen LogP contribution < -0.4 is 4.90 Å². The maximum absolute atomic E-state index is 11.7. The third kappa shape index (κ3) is 2.74. The highest BCUT2D eigenvalue weighted by molar-refractivity contribution is 5.75. The van der Waals surface area contributed by atoms with Crippen molar-refractivity contribution in [2.75, 3.05) is 18.1 Å². The van der Waals surface area contributed by atoms with Crippen LogP contribution in [0.1, 0.15) is 37.5 Å². The van der Waals surface area contributed by atoms with Gasteiger partial charge in [-0.3, -0.25) is 4.79 Å². The van der Waals surface area contributed by atoms with Gasteiger partial charge in [-0.25, -0.2) is 0 Å². The molecule has 1 aliphatic heterocycles. The maximum atomic E-state index is 11.7. The van der Waals surface area contributed by atoms with E-state index in [1.54, 1.807) is 11.8 Å². The normalized spacial score (nSPS) is 17.7. The highest BCUT2D eigenvalue weighted by Crippen LogP contribution is 2.41. The third-order valence-corrected chi connectivity index (χ3v) is 3.69. The van der Waals surface area contributed by atoms with Crippen LogP contribution in [0.25, 0.3) is 0 Å². The van der Waals surface area contributed by atoms with Gasteiger partial charge in [0.1, 0.15) is 6.10 Å². The molecule has 1 aliphatic rings. The van der Waals surface area contributed by atoms with E-state index in [1.165, 1.54) is 0 Å². The molecule has 1 aromatic rings. The number of aryl methyl sites for hydroxylation is 1. The Kier molecular flexibility index (Phi) is 4.53. The molecule has 0 saturated heterocycles. The number of hydrogen-bond acceptors (Lipinski definition) is 5. The number of hydrogen-bond donors (Lipinski definition) is 2. The molecule has 2 rings (SSSR count). The summed E-state index contributed by atoms with van der Waals surface area (Å²) in [5.74, 6) is -0.512. The van der Waals surface area contributed by atoms with E-state index < -0.39 is 12.1 Å². The van der Waals surface area contributed by atoms with Gasteiger partial charge in [0.2, 0.25) is 0 Å². The molecule has 0 aromatic heterocycles. The van der Waals surface area contributed by atoms with Gasteiger partial charge in [0.05, 0.1) is 18.7 Å². The average molecular weight is 291 g/mol. The van der Waals surface area contributed by atoms with Crippen molar-refractivity contribution in [3.8, 4) is 0 Å². The van der Waals surface area contributed by atoms with Gasteiger partial charge in [0.25, 0.3) is 0 Å². The van der Waals surface area contributed by atoms with E-state index in [0.717, 1.165) is 16.8 Å². The Morgan fingerprint density at radius 2 is 2.10 bits per heavy atom. The van der Waals surface area contributed by atoms with Crippen LogP contribution >= 0.6 is 0 Å². The van der Waals surface area contributed by atoms with Crippen molar-refractivity contribution in [1.82, 2.24) is 0 Å². The van der Waals surface area contributed by atoms with Crippen LogP contribution in [-0.4, -0.2) is 29.3 Å². The van der Waals surface area contributed by atoms with Crippen molar-refractivity contribution < 1.29 is 19.7 Å². The quantitative estimate of drug-likeness (QED) is 0.834. The molecule has 2 N–H and O–H groups in total. The predicted octanol–water partition coefficient (Wildman–Crippen LogP) is 2.59. The lowest BCUT2D eigenvalue weighted by Crippen LogP contribution is -2.31. The first-order chi connectivity index (χ1) is 10.0. The number of ether oxygens (including phenoxy) is 1. The zero-order chi connectivity index (χ0) is 15.6. The first-order valence-electron chi connectivity index (χ1n) is 7.13. The van der Waals surface area contributed by atoms with Crippen molar-refractivity contribution in [2.45, 2.75) is 33.3 Å². The highest BCUT2D eigenvalue weighted by atomic mass is 16.5. The molecule has 1 aromatic carbocycles. The van der Waals surface area contributed by atoms with Crippen molar-refractivity contribution >= 4 is 11.7 Å². The Morgan fingerprint density at radius 1 is 1.38 bits per heavy atom. The van der Waals surface area contributed by atoms with Crippen molar-refractivity contribution in [1.29, 1.82) is 0 Å². The summed E-state index contributed by atoms with van der Waals surface area (Å²) in [5.41, 5.74) is 2.72. The summed E-state index contributed by atoms with van der Waals surface area (Å²) in [6.45, 7) is 6.35. The summed E-state index contributed by atoms with van der Waals surface area (Å²) in [6.07, 6.45) is -1.11. The summed E-state index contributed by atoms with van der Waals surface area (Å²) < 4.78 is 4.91. The first-order valence-corrected chi connectivity index (χ1v) is 7.13. The largest absolute Gasteiger partial charge is 0.494 e. The minimum atomic E-state index is -0.992. The molecule has 1 heterocycles. The second-order valence-electron chi connectivity index (χ2n) is 4.99. The van der Waals surface area contributed by atoms with E-state index in [-0.39, 0.29) is 24.5 Å². The molecule has 1 unspecified atom stereocenters. The lowest BCUT2D eigenvalue weighted by molar-refractivity contribution is -0.142. The Hall–Kier alpha value is -2.01. The van der Waals surface area contributed by atoms with E-state index in [1.807, 2.05) is 32.0 Å². The molecule has 0 bridgehead atoms. The molecule has 0 fully saturated rings. The molecule has 21 heavy (non-hydrogen) atoms. The summed E-state index contributed by atoms with van der Waals surface area (Å²) >= 11 is 0. The van der Waals surface area contributed by atoms with Crippen LogP contribution in [0.15, 0.2) is 29.7 Å². The number of nitrogens with zero attached hydrogens (tertiary/aromatic N) is 1. The summed E-state index contributed by atoms with van der Waals surface area (Å²) in [5, 5.41) is 20.9. The number of benzene rings is 1. The smallest absolute Gasteiger partial charge is 0.310 e. The molecule has 0 radical (unpaired) electrons. The monoisotopic (exact) mass is 291 g/mol. The second kappa shape index (κ2) is 6.18. The van der Waals surface area contributed by atoms with Crippen molar-refractivity contribution in [2.24, 2.45) is 0 Å². The zero-order valence-corrected chi connectivity index (χ0v) is 12.6. The van der Waals surface area contributed by atoms with Gasteiger partial charge in [0.15, 0.2) is 5.88 Å². The Balaban J connectivity index is 2.46. The maximum Gasteiger partial charge on any atom is 0.310 e. The molecule has 0 amide bonds. The lowest BCUT2D eigenvalue weighted by Gasteiger charge is -2.34. The van der Waals surface area contributed by atoms with Gasteiger partial charge in [-0.1, -0.05) is 12.1 Å². The molecule has 0 saturated carbocycles. The number of fused-ring (bicyclic) bond motifs is 1. The highest BCUT2D eigenvalue weighted by Gasteiger charge is 2.33. The molecule has 0 spiro atoms. The fourth-order valence-electron chi connectivity index (χ4n) is 2.70. The second-order valence-corrected chi connectivity index (χ2v) is 4.99. The number of aliphatic hydroxyl groups is 2. The Morgan fingerprint density at radius 3 is 2.71 bits per heavy atom. The Bertz CT molecular complexity index is 580. The van der Waals surface area contributed by atoms with Crippen molar-refractivity contribution in [3.63, 3.8) is 0 Å². The van der Waals surface area contributed by atoms with Crippen LogP contribution in [0.2, 0.25) is 0 Å². The predicted molar refractivity (Wildman–Crippen MR) is 80.1 cm³/mol. The van der Waals surface area contributed by atoms with Crippen LogP contribution in [0.4, 0.5) is 5.69 Å². The van der Waals surface area contributed by atoms with Crippen molar-refractivity contribution in [3.05, 3.63) is 40.8 Å². The number of carbonyl (C=O) groups excluding carboxylic acids is 1. The number of rotatable bonds is 4. The summed E-state index contributed by atoms with van der Waals surface area (Å²) in [4.78, 5) is 13.4. The van der Waals surface area contributed by atoms with Gasteiger partial charge in [-0.05, 0) is 32.4 Å². The van der Waals surface area contributed by atoms with E-state index in [2.05, 4.69) is 0 Å². The van der Waals surface area contributed by atoms with E-state index in [9.17, 15) is 15.0 Å². The van der Waals surface area contributed by atoms with Gasteiger partial charge >= 0.3 is 5.97 Å². The summed E-state index contributed by atoms with van der Waals surface area (Å²) in [7, 11) is 0. The molecular formula is C16H21NO4. The minimum Gasteiger partial charge on any atom is -0.494 e. The van der Waals surface area contributed by atoms with Gasteiger partial charge in [-0.2, -0.15) is 0 Å². The number of esters is 1. The fourth-order valence-corrected chi connectivity index (χ4v) is 2.70. The van der Waals surface area contributed by atoms with Crippen LogP contribution in [0.5, 0.6) is 0 Å². The van der Waals surface area contributed by atoms with Crippen LogP contribution in [0.3, 0.4) is 0 Å². The van der Waals surface area contributed by atoms with Gasteiger partial charge < -0.3 is 19.8 Å². The number of anilines is 1. The molecule has 5 nitrogen and oxygen atoms in total. The third-order valence-electron chi connectivity index (χ3n) is 3.69. The molecule has 1 atom stereocenters. The van der Waals surface area contributed by atoms with E-state index >= 15 is 0 Å². The number of aliphatic hydroxyl groups excluding tert-OH is 2. The average Bonchev–Trinajstić information content (AvgIpc) is 2.44. The standard InChI is InChI=1S/C16H21NO4/c1-4-17-12-8-6-7-10(3)14(12)15(19)11(16(17)20)9-13(18)21-5-2/h6-8,15,19-20H,4-5,9H2,1-3H3. The first kappa shape index (κ1) is 15.4. The zero-order valence-electron chi connectivity index (χ0n) is 12.6. The molecule has 5 heteroatoms. The SMILES string of the molecule is CCOC(=O)CC1=C(O)N(CC)c2cccc(C)c2C1O. The lowest BCUT2D eigenvalue weighted by atomic mass is 9.90. The van der Waals surface area contributed by atoms with Crippen LogP contribution in [-0.2, 0) is 9.53 Å². The number of carbonyl (C=O) groups is 1.